The van der Waals surface area contributed by atoms with E-state index in [4.69, 9.17) is 4.42 Å². The van der Waals surface area contributed by atoms with Crippen molar-refractivity contribution >= 4 is 16.8 Å². The maximum absolute atomic E-state index is 13.2. The van der Waals surface area contributed by atoms with Crippen LogP contribution >= 0.6 is 0 Å². The number of benzene rings is 2. The van der Waals surface area contributed by atoms with E-state index in [-0.39, 0.29) is 29.3 Å². The Kier molecular flexibility index (Phi) is 7.00. The molecule has 1 aliphatic carbocycles. The predicted octanol–water partition coefficient (Wildman–Crippen LogP) is 4.03. The van der Waals surface area contributed by atoms with Crippen LogP contribution in [0.25, 0.3) is 22.4 Å². The highest BCUT2D eigenvalue weighted by Gasteiger charge is 2.31. The lowest BCUT2D eigenvalue weighted by molar-refractivity contribution is -0.127. The van der Waals surface area contributed by atoms with Crippen LogP contribution in [0.1, 0.15) is 56.2 Å². The summed E-state index contributed by atoms with van der Waals surface area (Å²) >= 11 is 0. The van der Waals surface area contributed by atoms with E-state index in [1.54, 1.807) is 6.07 Å². The first kappa shape index (κ1) is 24.5. The van der Waals surface area contributed by atoms with Crippen LogP contribution in [-0.2, 0) is 11.3 Å². The summed E-state index contributed by atoms with van der Waals surface area (Å²) in [5.74, 6) is 2.19. The van der Waals surface area contributed by atoms with Gasteiger partial charge in [0.25, 0.3) is 5.56 Å². The Morgan fingerprint density at radius 3 is 2.63 bits per heavy atom. The van der Waals surface area contributed by atoms with Crippen molar-refractivity contribution in [3.63, 3.8) is 0 Å². The average Bonchev–Trinajstić information content (AvgIpc) is 3.45. The third-order valence-electron chi connectivity index (χ3n) is 7.80. The fraction of sp³-hybridized carbons (Fsp3) is 0.414. The Bertz CT molecular complexity index is 1460. The van der Waals surface area contributed by atoms with Crippen molar-refractivity contribution in [3.05, 3.63) is 76.7 Å². The molecule has 1 atom stereocenters. The maximum Gasteiger partial charge on any atom is 0.258 e. The number of aromatic nitrogens is 4. The van der Waals surface area contributed by atoms with Gasteiger partial charge in [0.05, 0.1) is 23.4 Å². The van der Waals surface area contributed by atoms with Gasteiger partial charge in [-0.3, -0.25) is 14.5 Å². The minimum atomic E-state index is -0.121. The number of hydrogen-bond donors (Lipinski definition) is 2. The number of hydrogen-bond acceptors (Lipinski definition) is 7. The first-order valence-corrected chi connectivity index (χ1v) is 13.5. The fourth-order valence-corrected chi connectivity index (χ4v) is 5.74. The third-order valence-corrected chi connectivity index (χ3v) is 7.80. The highest BCUT2D eigenvalue weighted by atomic mass is 16.4. The van der Waals surface area contributed by atoms with Gasteiger partial charge in [0.15, 0.2) is 0 Å². The summed E-state index contributed by atoms with van der Waals surface area (Å²) in [5, 5.41) is 12.4. The van der Waals surface area contributed by atoms with Gasteiger partial charge in [-0.2, -0.15) is 0 Å². The monoisotopic (exact) mass is 512 g/mol. The Hall–Kier alpha value is -3.85. The SMILES string of the molecule is O=C(NC1CCC(c2nnc(-c3ccccc3)o2)CC1)[C@@H]1CCCN(Cc2nc3ccccc3c(=O)[nH]2)C1. The van der Waals surface area contributed by atoms with Crippen LogP contribution < -0.4 is 10.9 Å². The van der Waals surface area contributed by atoms with E-state index in [1.165, 1.54) is 0 Å². The van der Waals surface area contributed by atoms with E-state index in [1.807, 2.05) is 48.5 Å². The topological polar surface area (TPSA) is 117 Å². The molecule has 1 saturated heterocycles. The summed E-state index contributed by atoms with van der Waals surface area (Å²) < 4.78 is 5.97. The highest BCUT2D eigenvalue weighted by Crippen LogP contribution is 2.33. The molecule has 38 heavy (non-hydrogen) atoms. The molecule has 4 aromatic rings. The number of nitrogens with zero attached hydrogens (tertiary/aromatic N) is 4. The number of carbonyl (C=O) groups excluding carboxylic acids is 1. The summed E-state index contributed by atoms with van der Waals surface area (Å²) in [6.45, 7) is 2.09. The average molecular weight is 513 g/mol. The Balaban J connectivity index is 1.01. The van der Waals surface area contributed by atoms with Gasteiger partial charge < -0.3 is 14.7 Å². The van der Waals surface area contributed by atoms with E-state index in [0.29, 0.717) is 41.6 Å². The number of amides is 1. The van der Waals surface area contributed by atoms with E-state index in [9.17, 15) is 9.59 Å². The number of nitrogens with one attached hydrogen (secondary N) is 2. The molecule has 6 rings (SSSR count). The smallest absolute Gasteiger partial charge is 0.258 e. The number of fused-ring (bicyclic) bond motifs is 1. The quantitative estimate of drug-likeness (QED) is 0.401. The molecule has 0 spiro atoms. The van der Waals surface area contributed by atoms with Crippen LogP contribution in [0, 0.1) is 5.92 Å². The zero-order chi connectivity index (χ0) is 25.9. The predicted molar refractivity (Wildman–Crippen MR) is 143 cm³/mol. The maximum atomic E-state index is 13.2. The van der Waals surface area contributed by atoms with Crippen LogP contribution in [-0.4, -0.2) is 50.1 Å². The first-order chi connectivity index (χ1) is 18.6. The van der Waals surface area contributed by atoms with E-state index in [2.05, 4.69) is 30.4 Å². The number of piperidine rings is 1. The van der Waals surface area contributed by atoms with Gasteiger partial charge in [0.2, 0.25) is 17.7 Å². The molecule has 1 amide bonds. The molecule has 1 saturated carbocycles. The molecule has 2 aromatic heterocycles. The molecule has 3 heterocycles. The molecule has 2 N–H and O–H groups in total. The molecular formula is C29H32N6O3. The van der Waals surface area contributed by atoms with Crippen molar-refractivity contribution in [1.82, 2.24) is 30.4 Å². The Morgan fingerprint density at radius 1 is 1.00 bits per heavy atom. The minimum absolute atomic E-state index is 0.0574. The minimum Gasteiger partial charge on any atom is -0.420 e. The molecule has 2 fully saturated rings. The summed E-state index contributed by atoms with van der Waals surface area (Å²) in [5.41, 5.74) is 1.51. The Labute approximate surface area is 220 Å². The lowest BCUT2D eigenvalue weighted by Crippen LogP contribution is -2.46. The van der Waals surface area contributed by atoms with Crippen molar-refractivity contribution in [2.45, 2.75) is 57.0 Å². The molecule has 2 aliphatic rings. The van der Waals surface area contributed by atoms with E-state index >= 15 is 0 Å². The van der Waals surface area contributed by atoms with Gasteiger partial charge in [-0.05, 0) is 69.3 Å². The largest absolute Gasteiger partial charge is 0.420 e. The number of H-pyrrole nitrogens is 1. The third kappa shape index (κ3) is 5.38. The highest BCUT2D eigenvalue weighted by molar-refractivity contribution is 5.79. The summed E-state index contributed by atoms with van der Waals surface area (Å²) in [6, 6.07) is 17.3. The summed E-state index contributed by atoms with van der Waals surface area (Å²) in [7, 11) is 0. The number of aromatic amines is 1. The lowest BCUT2D eigenvalue weighted by Gasteiger charge is -2.33. The van der Waals surface area contributed by atoms with Crippen LogP contribution in [0.5, 0.6) is 0 Å². The molecule has 1 aliphatic heterocycles. The number of rotatable bonds is 6. The van der Waals surface area contributed by atoms with Crippen LogP contribution in [0.2, 0.25) is 0 Å². The van der Waals surface area contributed by atoms with Gasteiger partial charge >= 0.3 is 0 Å². The lowest BCUT2D eigenvalue weighted by atomic mass is 9.85. The first-order valence-electron chi connectivity index (χ1n) is 13.5. The second-order valence-corrected chi connectivity index (χ2v) is 10.5. The van der Waals surface area contributed by atoms with E-state index < -0.39 is 0 Å². The molecular weight excluding hydrogens is 480 g/mol. The Morgan fingerprint density at radius 2 is 1.79 bits per heavy atom. The molecule has 9 heteroatoms. The molecule has 0 unspecified atom stereocenters. The zero-order valence-corrected chi connectivity index (χ0v) is 21.3. The normalized spacial score (nSPS) is 22.4. The van der Waals surface area contributed by atoms with E-state index in [0.717, 1.165) is 50.6 Å². The van der Waals surface area contributed by atoms with Crippen LogP contribution in [0.15, 0.2) is 63.8 Å². The number of carbonyl (C=O) groups is 1. The number of para-hydroxylation sites is 1. The fourth-order valence-electron chi connectivity index (χ4n) is 5.74. The van der Waals surface area contributed by atoms with Crippen molar-refractivity contribution in [2.75, 3.05) is 13.1 Å². The second-order valence-electron chi connectivity index (χ2n) is 10.5. The van der Waals surface area contributed by atoms with Gasteiger partial charge in [0, 0.05) is 24.1 Å². The van der Waals surface area contributed by atoms with Crippen molar-refractivity contribution < 1.29 is 9.21 Å². The van der Waals surface area contributed by atoms with Crippen molar-refractivity contribution in [1.29, 1.82) is 0 Å². The van der Waals surface area contributed by atoms with Crippen LogP contribution in [0.3, 0.4) is 0 Å². The van der Waals surface area contributed by atoms with Gasteiger partial charge in [-0.25, -0.2) is 4.98 Å². The zero-order valence-electron chi connectivity index (χ0n) is 21.3. The molecule has 2 aromatic carbocycles. The van der Waals surface area contributed by atoms with Crippen LogP contribution in [0.4, 0.5) is 0 Å². The van der Waals surface area contributed by atoms with Gasteiger partial charge in [0.1, 0.15) is 5.82 Å². The molecule has 9 nitrogen and oxygen atoms in total. The van der Waals surface area contributed by atoms with Crippen molar-refractivity contribution in [2.24, 2.45) is 5.92 Å². The molecule has 0 radical (unpaired) electrons. The summed E-state index contributed by atoms with van der Waals surface area (Å²) in [4.78, 5) is 35.3. The molecule has 196 valence electrons. The summed E-state index contributed by atoms with van der Waals surface area (Å²) in [6.07, 6.45) is 5.46. The van der Waals surface area contributed by atoms with Gasteiger partial charge in [-0.15, -0.1) is 10.2 Å². The second kappa shape index (κ2) is 10.9. The van der Waals surface area contributed by atoms with Crippen molar-refractivity contribution in [3.8, 4) is 11.5 Å². The molecule has 0 bridgehead atoms. The van der Waals surface area contributed by atoms with Gasteiger partial charge in [-0.1, -0.05) is 30.3 Å². The number of likely N-dealkylation sites (tertiary alicyclic amines) is 1. The standard InChI is InChI=1S/C29H32N6O3/c36-26(21-9-6-16-35(17-21)18-25-31-24-11-5-4-10-23(24)27(37)32-25)30-22-14-12-20(13-15-22)29-34-33-28(38-29)19-7-2-1-3-8-19/h1-5,7-8,10-11,20-22H,6,9,12-18H2,(H,30,36)(H,31,32,37)/t20?,21-,22?/m1/s1.